The molecule has 0 spiro atoms. The van der Waals surface area contributed by atoms with Gasteiger partial charge in [-0.05, 0) is 33.8 Å². The highest BCUT2D eigenvalue weighted by Gasteiger charge is 2.26. The molecule has 1 aromatic rings. The monoisotopic (exact) mass is 434 g/mol. The average molecular weight is 434 g/mol. The van der Waals surface area contributed by atoms with Crippen LogP contribution in [0.5, 0.6) is 11.5 Å². The van der Waals surface area contributed by atoms with Crippen LogP contribution in [0.15, 0.2) is 12.1 Å². The van der Waals surface area contributed by atoms with Crippen molar-refractivity contribution in [3.8, 4) is 11.5 Å². The normalized spacial score (nSPS) is 11.4. The van der Waals surface area contributed by atoms with Crippen LogP contribution in [0, 0.1) is 10.1 Å². The fraction of sp³-hybridized carbons (Fsp3) is 0.588. The minimum atomic E-state index is -4.30. The summed E-state index contributed by atoms with van der Waals surface area (Å²) < 4.78 is 43.9. The maximum atomic E-state index is 12.1. The van der Waals surface area contributed by atoms with Crippen LogP contribution in [-0.2, 0) is 25.6 Å². The van der Waals surface area contributed by atoms with Gasteiger partial charge in [0.1, 0.15) is 0 Å². The van der Waals surface area contributed by atoms with Crippen molar-refractivity contribution in [3.63, 3.8) is 0 Å². The molecule has 0 saturated carbocycles. The van der Waals surface area contributed by atoms with Crippen molar-refractivity contribution in [1.29, 1.82) is 0 Å². The number of nitro benzene ring substituents is 1. The van der Waals surface area contributed by atoms with Crippen molar-refractivity contribution in [1.82, 2.24) is 4.90 Å². The van der Waals surface area contributed by atoms with Crippen molar-refractivity contribution < 1.29 is 36.5 Å². The van der Waals surface area contributed by atoms with Gasteiger partial charge in [0.2, 0.25) is 5.94 Å². The second-order valence-corrected chi connectivity index (χ2v) is 8.12. The Bertz CT molecular complexity index is 830. The maximum absolute atomic E-state index is 12.1. The number of carbonyl (C=O) groups is 1. The molecule has 0 unspecified atom stereocenters. The molecule has 29 heavy (non-hydrogen) atoms. The first kappa shape index (κ1) is 24.4. The molecule has 0 aliphatic rings. The van der Waals surface area contributed by atoms with E-state index in [1.807, 2.05) is 0 Å². The number of carbonyl (C=O) groups excluding carboxylic acids is 1. The number of rotatable bonds is 10. The summed E-state index contributed by atoms with van der Waals surface area (Å²) in [7, 11) is -1.66. The highest BCUT2D eigenvalue weighted by molar-refractivity contribution is 7.86. The molecule has 0 aromatic heterocycles. The van der Waals surface area contributed by atoms with Crippen LogP contribution in [-0.4, -0.2) is 56.6 Å². The first-order chi connectivity index (χ1) is 13.4. The van der Waals surface area contributed by atoms with E-state index in [-0.39, 0.29) is 29.1 Å². The summed E-state index contributed by atoms with van der Waals surface area (Å²) >= 11 is 0. The predicted molar refractivity (Wildman–Crippen MR) is 103 cm³/mol. The zero-order valence-corrected chi connectivity index (χ0v) is 18.0. The van der Waals surface area contributed by atoms with Crippen LogP contribution in [0.4, 0.5) is 10.5 Å². The molecule has 0 bridgehead atoms. The summed E-state index contributed by atoms with van der Waals surface area (Å²) in [6.07, 6.45) is -0.806. The average Bonchev–Trinajstić information content (AvgIpc) is 2.63. The van der Waals surface area contributed by atoms with Crippen LogP contribution < -0.4 is 9.47 Å². The molecular weight excluding hydrogens is 408 g/mol. The van der Waals surface area contributed by atoms with E-state index in [1.54, 1.807) is 27.7 Å². The summed E-state index contributed by atoms with van der Waals surface area (Å²) in [4.78, 5) is 24.0. The number of benzene rings is 1. The Balaban J connectivity index is 2.91. The molecule has 0 saturated heterocycles. The summed E-state index contributed by atoms with van der Waals surface area (Å²) in [5, 5.41) is 11.3. The van der Waals surface area contributed by atoms with Crippen LogP contribution in [0.2, 0.25) is 0 Å². The lowest BCUT2D eigenvalue weighted by molar-refractivity contribution is -0.385. The van der Waals surface area contributed by atoms with E-state index in [2.05, 4.69) is 0 Å². The molecule has 0 heterocycles. The first-order valence-electron chi connectivity index (χ1n) is 8.65. The maximum Gasteiger partial charge on any atom is 0.411 e. The summed E-state index contributed by atoms with van der Waals surface area (Å²) in [6, 6.07) is 1.96. The van der Waals surface area contributed by atoms with Crippen molar-refractivity contribution in [2.75, 3.05) is 20.2 Å². The summed E-state index contributed by atoms with van der Waals surface area (Å²) in [5.41, 5.74) is -0.450. The van der Waals surface area contributed by atoms with E-state index in [1.165, 1.54) is 25.2 Å². The van der Waals surface area contributed by atoms with Gasteiger partial charge in [0.15, 0.2) is 11.5 Å². The number of hydrogen-bond acceptors (Lipinski definition) is 9. The molecule has 12 heteroatoms. The van der Waals surface area contributed by atoms with Gasteiger partial charge in [-0.15, -0.1) is 0 Å². The number of amides is 1. The SMILES string of the molecule is COc1cc(COS(=O)(=O)COC(=O)N(C(C)C)C(C)C)c([N+](=O)[O-])cc1OC. The van der Waals surface area contributed by atoms with E-state index in [9.17, 15) is 23.3 Å². The summed E-state index contributed by atoms with van der Waals surface area (Å²) in [6.45, 7) is 6.42. The molecule has 1 aromatic carbocycles. The second-order valence-electron chi connectivity index (χ2n) is 6.54. The Morgan fingerprint density at radius 1 is 1.10 bits per heavy atom. The number of nitro groups is 1. The van der Waals surface area contributed by atoms with Gasteiger partial charge >= 0.3 is 16.2 Å². The minimum Gasteiger partial charge on any atom is -0.493 e. The van der Waals surface area contributed by atoms with Crippen molar-refractivity contribution in [2.45, 2.75) is 46.4 Å². The molecule has 1 rings (SSSR count). The van der Waals surface area contributed by atoms with Gasteiger partial charge in [0, 0.05) is 12.1 Å². The molecule has 0 aliphatic carbocycles. The highest BCUT2D eigenvalue weighted by atomic mass is 32.2. The molecule has 0 aliphatic heterocycles. The molecule has 11 nitrogen and oxygen atoms in total. The van der Waals surface area contributed by atoms with E-state index in [0.717, 1.165) is 6.07 Å². The lowest BCUT2D eigenvalue weighted by atomic mass is 10.1. The van der Waals surface area contributed by atoms with Gasteiger partial charge < -0.3 is 19.1 Å². The Morgan fingerprint density at radius 3 is 2.07 bits per heavy atom. The van der Waals surface area contributed by atoms with Gasteiger partial charge in [-0.25, -0.2) is 4.79 Å². The molecule has 0 atom stereocenters. The standard InChI is InChI=1S/C17H26N2O9S/c1-11(2)18(12(3)4)17(20)27-10-29(23,24)28-9-13-7-15(25-5)16(26-6)8-14(13)19(21)22/h7-8,11-12H,9-10H2,1-6H3. The zero-order chi connectivity index (χ0) is 22.4. The quantitative estimate of drug-likeness (QED) is 0.309. The third-order valence-corrected chi connectivity index (χ3v) is 4.71. The molecular formula is C17H26N2O9S. The van der Waals surface area contributed by atoms with Gasteiger partial charge in [-0.3, -0.25) is 14.3 Å². The summed E-state index contributed by atoms with van der Waals surface area (Å²) in [5.74, 6) is -0.740. The van der Waals surface area contributed by atoms with Gasteiger partial charge in [0.05, 0.1) is 37.4 Å². The van der Waals surface area contributed by atoms with Crippen molar-refractivity contribution >= 4 is 21.9 Å². The van der Waals surface area contributed by atoms with E-state index < -0.39 is 39.4 Å². The van der Waals surface area contributed by atoms with Gasteiger partial charge in [-0.2, -0.15) is 8.42 Å². The topological polar surface area (TPSA) is 135 Å². The highest BCUT2D eigenvalue weighted by Crippen LogP contribution is 2.35. The fourth-order valence-corrected chi connectivity index (χ4v) is 3.22. The lowest BCUT2D eigenvalue weighted by Crippen LogP contribution is -2.42. The number of hydrogen-bond donors (Lipinski definition) is 0. The van der Waals surface area contributed by atoms with Gasteiger partial charge in [0.25, 0.3) is 5.69 Å². The van der Waals surface area contributed by atoms with Crippen LogP contribution in [0.25, 0.3) is 0 Å². The minimum absolute atomic E-state index is 0.0476. The van der Waals surface area contributed by atoms with Crippen LogP contribution >= 0.6 is 0 Å². The molecule has 0 fully saturated rings. The Kier molecular flexibility index (Phi) is 8.64. The van der Waals surface area contributed by atoms with E-state index in [4.69, 9.17) is 18.4 Å². The van der Waals surface area contributed by atoms with Crippen molar-refractivity contribution in [2.24, 2.45) is 0 Å². The van der Waals surface area contributed by atoms with Crippen molar-refractivity contribution in [3.05, 3.63) is 27.8 Å². The Labute approximate surface area is 169 Å². The first-order valence-corrected chi connectivity index (χ1v) is 10.2. The Morgan fingerprint density at radius 2 is 1.62 bits per heavy atom. The molecule has 1 amide bonds. The zero-order valence-electron chi connectivity index (χ0n) is 17.2. The number of nitrogens with zero attached hydrogens (tertiary/aromatic N) is 2. The third-order valence-electron chi connectivity index (χ3n) is 3.83. The fourth-order valence-electron chi connectivity index (χ4n) is 2.60. The lowest BCUT2D eigenvalue weighted by Gasteiger charge is -2.29. The predicted octanol–water partition coefficient (Wildman–Crippen LogP) is 2.67. The Hall–Kier alpha value is -2.60. The molecule has 164 valence electrons. The van der Waals surface area contributed by atoms with Gasteiger partial charge in [-0.1, -0.05) is 0 Å². The van der Waals surface area contributed by atoms with E-state index in [0.29, 0.717) is 0 Å². The number of ether oxygens (including phenoxy) is 3. The second kappa shape index (κ2) is 10.3. The van der Waals surface area contributed by atoms with Crippen LogP contribution in [0.1, 0.15) is 33.3 Å². The smallest absolute Gasteiger partial charge is 0.411 e. The largest absolute Gasteiger partial charge is 0.493 e. The third kappa shape index (κ3) is 6.75. The molecule has 0 N–H and O–H groups in total. The van der Waals surface area contributed by atoms with E-state index >= 15 is 0 Å². The molecule has 0 radical (unpaired) electrons. The number of methoxy groups -OCH3 is 2. The van der Waals surface area contributed by atoms with Crippen LogP contribution in [0.3, 0.4) is 0 Å².